The summed E-state index contributed by atoms with van der Waals surface area (Å²) in [5, 5.41) is 0. The maximum atomic E-state index is 5.41. The smallest absolute Gasteiger partial charge is 0.162 e. The first-order valence-corrected chi connectivity index (χ1v) is 9.95. The summed E-state index contributed by atoms with van der Waals surface area (Å²) in [4.78, 5) is 26.7. The molecule has 2 aliphatic rings. The van der Waals surface area contributed by atoms with Gasteiger partial charge in [-0.2, -0.15) is 0 Å². The molecule has 0 amide bonds. The highest BCUT2D eigenvalue weighted by Gasteiger charge is 2.19. The summed E-state index contributed by atoms with van der Waals surface area (Å²) in [5.41, 5.74) is 4.39. The molecule has 8 nitrogen and oxygen atoms in total. The first kappa shape index (κ1) is 18.1. The van der Waals surface area contributed by atoms with Gasteiger partial charge in [-0.15, -0.1) is 0 Å². The highest BCUT2D eigenvalue weighted by Crippen LogP contribution is 2.22. The number of hydrogen-bond donors (Lipinski definition) is 0. The number of rotatable bonds is 4. The molecular formula is C21H23N7O. The largest absolute Gasteiger partial charge is 0.378 e. The van der Waals surface area contributed by atoms with E-state index in [1.54, 1.807) is 12.4 Å². The van der Waals surface area contributed by atoms with E-state index in [-0.39, 0.29) is 0 Å². The molecule has 0 N–H and O–H groups in total. The van der Waals surface area contributed by atoms with Crippen LogP contribution in [0.15, 0.2) is 43.2 Å². The van der Waals surface area contributed by atoms with Gasteiger partial charge in [-0.05, 0) is 11.6 Å². The van der Waals surface area contributed by atoms with Gasteiger partial charge in [-0.25, -0.2) is 24.9 Å². The Morgan fingerprint density at radius 2 is 1.79 bits per heavy atom. The average molecular weight is 389 g/mol. The fourth-order valence-electron chi connectivity index (χ4n) is 3.81. The number of fused-ring (bicyclic) bond motifs is 1. The summed E-state index contributed by atoms with van der Waals surface area (Å²) < 4.78 is 5.41. The van der Waals surface area contributed by atoms with Crippen LogP contribution in [0.1, 0.15) is 16.8 Å². The zero-order valence-electron chi connectivity index (χ0n) is 16.2. The van der Waals surface area contributed by atoms with Crippen LogP contribution in [0, 0.1) is 0 Å². The van der Waals surface area contributed by atoms with Crippen LogP contribution in [0.5, 0.6) is 0 Å². The Bertz CT molecular complexity index is 959. The first-order chi connectivity index (χ1) is 14.3. The molecule has 5 heterocycles. The quantitative estimate of drug-likeness (QED) is 0.667. The van der Waals surface area contributed by atoms with Gasteiger partial charge in [0, 0.05) is 69.5 Å². The van der Waals surface area contributed by atoms with Crippen LogP contribution in [0.3, 0.4) is 0 Å². The van der Waals surface area contributed by atoms with Gasteiger partial charge in [0.05, 0.1) is 24.5 Å². The molecule has 29 heavy (non-hydrogen) atoms. The van der Waals surface area contributed by atoms with E-state index in [0.29, 0.717) is 5.82 Å². The molecule has 148 valence electrons. The fourth-order valence-corrected chi connectivity index (χ4v) is 3.81. The van der Waals surface area contributed by atoms with Gasteiger partial charge in [0.15, 0.2) is 5.82 Å². The molecule has 0 bridgehead atoms. The Morgan fingerprint density at radius 3 is 2.59 bits per heavy atom. The molecule has 5 rings (SSSR count). The van der Waals surface area contributed by atoms with E-state index >= 15 is 0 Å². The minimum atomic E-state index is 0.695. The number of nitrogens with zero attached hydrogens (tertiary/aromatic N) is 7. The summed E-state index contributed by atoms with van der Waals surface area (Å²) in [6.07, 6.45) is 9.86. The van der Waals surface area contributed by atoms with E-state index in [0.717, 1.165) is 69.4 Å². The molecular weight excluding hydrogens is 366 g/mol. The molecule has 0 unspecified atom stereocenters. The standard InChI is InChI=1S/C21H23N7O/c1-2-20(28-5-7-29-8-6-28)24-9-16(1)13-27-4-3-19-18(14-27)12-25-21(26-19)17-10-22-15-23-11-17/h1-2,9-12,15H,3-8,13-14H2. The maximum Gasteiger partial charge on any atom is 0.162 e. The molecule has 1 saturated heterocycles. The van der Waals surface area contributed by atoms with Gasteiger partial charge in [0.25, 0.3) is 0 Å². The van der Waals surface area contributed by atoms with E-state index in [4.69, 9.17) is 9.72 Å². The van der Waals surface area contributed by atoms with Crippen LogP contribution in [0.2, 0.25) is 0 Å². The second kappa shape index (κ2) is 8.18. The number of pyridine rings is 1. The van der Waals surface area contributed by atoms with Gasteiger partial charge >= 0.3 is 0 Å². The van der Waals surface area contributed by atoms with Crippen molar-refractivity contribution in [2.24, 2.45) is 0 Å². The van der Waals surface area contributed by atoms with E-state index in [9.17, 15) is 0 Å². The van der Waals surface area contributed by atoms with Crippen LogP contribution in [-0.4, -0.2) is 62.7 Å². The fraction of sp³-hybridized carbons (Fsp3) is 0.381. The van der Waals surface area contributed by atoms with Gasteiger partial charge in [-0.1, -0.05) is 6.07 Å². The Hall–Kier alpha value is -2.97. The Kier molecular flexibility index (Phi) is 5.10. The van der Waals surface area contributed by atoms with Crippen molar-refractivity contribution in [3.8, 4) is 11.4 Å². The predicted octanol–water partition coefficient (Wildman–Crippen LogP) is 1.72. The van der Waals surface area contributed by atoms with Crippen LogP contribution >= 0.6 is 0 Å². The molecule has 0 radical (unpaired) electrons. The molecule has 3 aromatic rings. The van der Waals surface area contributed by atoms with Crippen molar-refractivity contribution in [3.63, 3.8) is 0 Å². The Labute approximate surface area is 169 Å². The molecule has 0 aromatic carbocycles. The third-order valence-corrected chi connectivity index (χ3v) is 5.38. The number of morpholine rings is 1. The third-order valence-electron chi connectivity index (χ3n) is 5.38. The van der Waals surface area contributed by atoms with Crippen molar-refractivity contribution in [1.29, 1.82) is 0 Å². The van der Waals surface area contributed by atoms with Gasteiger partial charge in [-0.3, -0.25) is 4.90 Å². The predicted molar refractivity (Wildman–Crippen MR) is 108 cm³/mol. The topological polar surface area (TPSA) is 80.2 Å². The first-order valence-electron chi connectivity index (χ1n) is 9.95. The van der Waals surface area contributed by atoms with Crippen LogP contribution in [0.25, 0.3) is 11.4 Å². The molecule has 1 fully saturated rings. The lowest BCUT2D eigenvalue weighted by atomic mass is 10.1. The summed E-state index contributed by atoms with van der Waals surface area (Å²) in [6.45, 7) is 6.07. The van der Waals surface area contributed by atoms with Gasteiger partial charge in [0.2, 0.25) is 0 Å². The van der Waals surface area contributed by atoms with Crippen LogP contribution < -0.4 is 4.90 Å². The minimum absolute atomic E-state index is 0.695. The second-order valence-electron chi connectivity index (χ2n) is 7.38. The Balaban J connectivity index is 1.24. The van der Waals surface area contributed by atoms with Crippen molar-refractivity contribution in [2.45, 2.75) is 19.5 Å². The number of anilines is 1. The summed E-state index contributed by atoms with van der Waals surface area (Å²) >= 11 is 0. The lowest BCUT2D eigenvalue weighted by Gasteiger charge is -2.29. The maximum absolute atomic E-state index is 5.41. The van der Waals surface area contributed by atoms with E-state index in [1.165, 1.54) is 17.5 Å². The van der Waals surface area contributed by atoms with Crippen molar-refractivity contribution in [2.75, 3.05) is 37.7 Å². The SMILES string of the molecule is c1ncc(-c2ncc3c(n2)CCN(Cc2ccc(N4CCOCC4)nc2)C3)cn1. The van der Waals surface area contributed by atoms with Crippen molar-refractivity contribution in [1.82, 2.24) is 29.8 Å². The Morgan fingerprint density at radius 1 is 0.931 bits per heavy atom. The second-order valence-corrected chi connectivity index (χ2v) is 7.38. The molecule has 0 spiro atoms. The molecule has 8 heteroatoms. The summed E-state index contributed by atoms with van der Waals surface area (Å²) in [7, 11) is 0. The zero-order valence-corrected chi connectivity index (χ0v) is 16.2. The lowest BCUT2D eigenvalue weighted by Crippen LogP contribution is -2.36. The van der Waals surface area contributed by atoms with E-state index in [1.807, 2.05) is 12.4 Å². The van der Waals surface area contributed by atoms with E-state index < -0.39 is 0 Å². The average Bonchev–Trinajstić information content (AvgIpc) is 2.80. The number of aromatic nitrogens is 5. The van der Waals surface area contributed by atoms with Crippen molar-refractivity contribution < 1.29 is 4.74 Å². The third kappa shape index (κ3) is 4.08. The molecule has 0 aliphatic carbocycles. The highest BCUT2D eigenvalue weighted by atomic mass is 16.5. The molecule has 2 aliphatic heterocycles. The van der Waals surface area contributed by atoms with Crippen molar-refractivity contribution in [3.05, 3.63) is 60.1 Å². The lowest BCUT2D eigenvalue weighted by molar-refractivity contribution is 0.122. The zero-order chi connectivity index (χ0) is 19.5. The molecule has 0 atom stereocenters. The normalized spacial score (nSPS) is 17.2. The minimum Gasteiger partial charge on any atom is -0.378 e. The van der Waals surface area contributed by atoms with E-state index in [2.05, 4.69) is 41.9 Å². The van der Waals surface area contributed by atoms with Crippen molar-refractivity contribution >= 4 is 5.82 Å². The van der Waals surface area contributed by atoms with Crippen LogP contribution in [0.4, 0.5) is 5.82 Å². The van der Waals surface area contributed by atoms with Crippen LogP contribution in [-0.2, 0) is 24.2 Å². The molecule has 0 saturated carbocycles. The summed E-state index contributed by atoms with van der Waals surface area (Å²) in [6, 6.07) is 4.30. The summed E-state index contributed by atoms with van der Waals surface area (Å²) in [5.74, 6) is 1.73. The monoisotopic (exact) mass is 389 g/mol. The highest BCUT2D eigenvalue weighted by molar-refractivity contribution is 5.52. The number of ether oxygens (including phenoxy) is 1. The van der Waals surface area contributed by atoms with Gasteiger partial charge in [0.1, 0.15) is 12.1 Å². The number of hydrogen-bond acceptors (Lipinski definition) is 8. The van der Waals surface area contributed by atoms with Gasteiger partial charge < -0.3 is 9.64 Å². The molecule has 3 aromatic heterocycles.